The van der Waals surface area contributed by atoms with Crippen LogP contribution in [0.15, 0.2) is 24.5 Å². The molecule has 0 radical (unpaired) electrons. The Kier molecular flexibility index (Phi) is 4.47. The fourth-order valence-corrected chi connectivity index (χ4v) is 1.13. The Morgan fingerprint density at radius 3 is 2.92 bits per heavy atom. The number of hydrogen-bond donors (Lipinski definition) is 1. The molecule has 1 N–H and O–H groups in total. The average Bonchev–Trinajstić information content (AvgIpc) is 2.14. The second-order valence-electron chi connectivity index (χ2n) is 3.72. The van der Waals surface area contributed by atoms with Crippen molar-refractivity contribution < 1.29 is 0 Å². The summed E-state index contributed by atoms with van der Waals surface area (Å²) >= 11 is 0. The van der Waals surface area contributed by atoms with Gasteiger partial charge in [-0.15, -0.1) is 0 Å². The van der Waals surface area contributed by atoms with Crippen LogP contribution in [-0.2, 0) is 6.54 Å². The molecule has 1 aromatic rings. The zero-order valence-electron chi connectivity index (χ0n) is 8.46. The van der Waals surface area contributed by atoms with E-state index in [0.29, 0.717) is 0 Å². The van der Waals surface area contributed by atoms with Gasteiger partial charge in [0.15, 0.2) is 0 Å². The summed E-state index contributed by atoms with van der Waals surface area (Å²) in [6, 6.07) is 4.06. The minimum absolute atomic E-state index is 0.779. The Hall–Kier alpha value is -0.890. The highest BCUT2D eigenvalue weighted by Crippen LogP contribution is 1.98. The highest BCUT2D eigenvalue weighted by molar-refractivity contribution is 5.07. The van der Waals surface area contributed by atoms with Crippen LogP contribution in [-0.4, -0.2) is 11.5 Å². The average molecular weight is 178 g/mol. The lowest BCUT2D eigenvalue weighted by Gasteiger charge is -2.06. The van der Waals surface area contributed by atoms with Gasteiger partial charge >= 0.3 is 0 Å². The van der Waals surface area contributed by atoms with Crippen LogP contribution >= 0.6 is 0 Å². The number of nitrogens with one attached hydrogen (secondary N) is 1. The van der Waals surface area contributed by atoms with Gasteiger partial charge in [0.1, 0.15) is 0 Å². The summed E-state index contributed by atoms with van der Waals surface area (Å²) in [6.07, 6.45) is 4.94. The van der Waals surface area contributed by atoms with Gasteiger partial charge in [0, 0.05) is 18.9 Å². The van der Waals surface area contributed by atoms with E-state index in [1.165, 1.54) is 12.0 Å². The first-order valence-electron chi connectivity index (χ1n) is 4.88. The molecule has 0 aromatic carbocycles. The second kappa shape index (κ2) is 5.70. The molecule has 2 heteroatoms. The molecule has 1 aromatic heterocycles. The smallest absolute Gasteiger partial charge is 0.0312 e. The lowest BCUT2D eigenvalue weighted by molar-refractivity contribution is 0.537. The first-order chi connectivity index (χ1) is 6.29. The fourth-order valence-electron chi connectivity index (χ4n) is 1.13. The number of aromatic nitrogens is 1. The summed E-state index contributed by atoms with van der Waals surface area (Å²) in [4.78, 5) is 4.06. The third-order valence-corrected chi connectivity index (χ3v) is 1.95. The predicted molar refractivity (Wildman–Crippen MR) is 55.4 cm³/mol. The number of rotatable bonds is 5. The maximum Gasteiger partial charge on any atom is 0.0312 e. The van der Waals surface area contributed by atoms with Gasteiger partial charge in [-0.2, -0.15) is 0 Å². The van der Waals surface area contributed by atoms with Crippen molar-refractivity contribution in [2.24, 2.45) is 5.92 Å². The molecule has 1 heterocycles. The van der Waals surface area contributed by atoms with E-state index in [2.05, 4.69) is 30.2 Å². The van der Waals surface area contributed by atoms with E-state index in [9.17, 15) is 0 Å². The monoisotopic (exact) mass is 178 g/mol. The molecule has 2 nitrogen and oxygen atoms in total. The standard InChI is InChI=1S/C11H18N2/c1-10(2)5-7-13-9-11-4-3-6-12-8-11/h3-4,6,8,10,13H,5,7,9H2,1-2H3. The molecule has 1 rings (SSSR count). The van der Waals surface area contributed by atoms with Crippen LogP contribution in [0.5, 0.6) is 0 Å². The van der Waals surface area contributed by atoms with Gasteiger partial charge in [-0.1, -0.05) is 19.9 Å². The highest BCUT2D eigenvalue weighted by atomic mass is 14.8. The van der Waals surface area contributed by atoms with E-state index in [-0.39, 0.29) is 0 Å². The van der Waals surface area contributed by atoms with Crippen molar-refractivity contribution >= 4 is 0 Å². The zero-order chi connectivity index (χ0) is 9.52. The van der Waals surface area contributed by atoms with Crippen molar-refractivity contribution in [1.29, 1.82) is 0 Å². The molecule has 0 unspecified atom stereocenters. The fraction of sp³-hybridized carbons (Fsp3) is 0.545. The topological polar surface area (TPSA) is 24.9 Å². The minimum atomic E-state index is 0.779. The van der Waals surface area contributed by atoms with Gasteiger partial charge in [0.2, 0.25) is 0 Å². The lowest BCUT2D eigenvalue weighted by Crippen LogP contribution is -2.16. The van der Waals surface area contributed by atoms with Gasteiger partial charge < -0.3 is 5.32 Å². The van der Waals surface area contributed by atoms with E-state index >= 15 is 0 Å². The molecule has 0 bridgehead atoms. The van der Waals surface area contributed by atoms with E-state index < -0.39 is 0 Å². The van der Waals surface area contributed by atoms with Gasteiger partial charge in [-0.3, -0.25) is 4.98 Å². The van der Waals surface area contributed by atoms with Crippen LogP contribution in [0.25, 0.3) is 0 Å². The molecule has 0 spiro atoms. The van der Waals surface area contributed by atoms with Crippen molar-refractivity contribution in [3.63, 3.8) is 0 Å². The molecule has 0 fully saturated rings. The third-order valence-electron chi connectivity index (χ3n) is 1.95. The van der Waals surface area contributed by atoms with E-state index in [1.54, 1.807) is 6.20 Å². The van der Waals surface area contributed by atoms with Gasteiger partial charge in [0.05, 0.1) is 0 Å². The van der Waals surface area contributed by atoms with Crippen LogP contribution in [0.2, 0.25) is 0 Å². The summed E-state index contributed by atoms with van der Waals surface area (Å²) in [5, 5.41) is 3.39. The van der Waals surface area contributed by atoms with Crippen molar-refractivity contribution in [3.8, 4) is 0 Å². The molecular weight excluding hydrogens is 160 g/mol. The van der Waals surface area contributed by atoms with Gasteiger partial charge in [0.25, 0.3) is 0 Å². The number of hydrogen-bond acceptors (Lipinski definition) is 2. The zero-order valence-corrected chi connectivity index (χ0v) is 8.46. The Morgan fingerprint density at radius 1 is 1.46 bits per heavy atom. The maximum atomic E-state index is 4.06. The first-order valence-corrected chi connectivity index (χ1v) is 4.88. The quantitative estimate of drug-likeness (QED) is 0.699. The molecule has 0 amide bonds. The maximum absolute atomic E-state index is 4.06. The Labute approximate surface area is 80.4 Å². The molecule has 0 atom stereocenters. The molecule has 13 heavy (non-hydrogen) atoms. The molecule has 0 saturated heterocycles. The normalized spacial score (nSPS) is 10.7. The number of nitrogens with zero attached hydrogens (tertiary/aromatic N) is 1. The molecule has 0 aliphatic rings. The van der Waals surface area contributed by atoms with Crippen molar-refractivity contribution in [2.75, 3.05) is 6.54 Å². The van der Waals surface area contributed by atoms with Crippen LogP contribution in [0.4, 0.5) is 0 Å². The lowest BCUT2D eigenvalue weighted by atomic mass is 10.1. The summed E-state index contributed by atoms with van der Waals surface area (Å²) in [6.45, 7) is 6.50. The summed E-state index contributed by atoms with van der Waals surface area (Å²) in [5.41, 5.74) is 1.26. The second-order valence-corrected chi connectivity index (χ2v) is 3.72. The Morgan fingerprint density at radius 2 is 2.31 bits per heavy atom. The van der Waals surface area contributed by atoms with Crippen LogP contribution in [0.3, 0.4) is 0 Å². The number of pyridine rings is 1. The van der Waals surface area contributed by atoms with Crippen molar-refractivity contribution in [2.45, 2.75) is 26.8 Å². The van der Waals surface area contributed by atoms with Gasteiger partial charge in [-0.05, 0) is 30.5 Å². The predicted octanol–water partition coefficient (Wildman–Crippen LogP) is 2.22. The highest BCUT2D eigenvalue weighted by Gasteiger charge is 1.94. The van der Waals surface area contributed by atoms with E-state index in [0.717, 1.165) is 19.0 Å². The summed E-state index contributed by atoms with van der Waals surface area (Å²) in [5.74, 6) is 0.779. The molecule has 72 valence electrons. The Bertz CT molecular complexity index is 219. The van der Waals surface area contributed by atoms with E-state index in [1.807, 2.05) is 12.3 Å². The van der Waals surface area contributed by atoms with Crippen LogP contribution in [0.1, 0.15) is 25.8 Å². The van der Waals surface area contributed by atoms with Crippen molar-refractivity contribution in [1.82, 2.24) is 10.3 Å². The molecule has 0 aliphatic heterocycles. The van der Waals surface area contributed by atoms with Gasteiger partial charge in [-0.25, -0.2) is 0 Å². The van der Waals surface area contributed by atoms with Crippen molar-refractivity contribution in [3.05, 3.63) is 30.1 Å². The minimum Gasteiger partial charge on any atom is -0.313 e. The van der Waals surface area contributed by atoms with Crippen LogP contribution in [0, 0.1) is 5.92 Å². The molecular formula is C11H18N2. The summed E-state index contributed by atoms with van der Waals surface area (Å²) < 4.78 is 0. The molecule has 0 saturated carbocycles. The van der Waals surface area contributed by atoms with E-state index in [4.69, 9.17) is 0 Å². The summed E-state index contributed by atoms with van der Waals surface area (Å²) in [7, 11) is 0. The van der Waals surface area contributed by atoms with Crippen LogP contribution < -0.4 is 5.32 Å². The third kappa shape index (κ3) is 4.63. The first kappa shape index (κ1) is 10.2. The SMILES string of the molecule is CC(C)CCNCc1cccnc1. The molecule has 0 aliphatic carbocycles. The Balaban J connectivity index is 2.13. The largest absolute Gasteiger partial charge is 0.313 e.